The second kappa shape index (κ2) is 11.1. The lowest BCUT2D eigenvalue weighted by molar-refractivity contribution is 0.0948. The van der Waals surface area contributed by atoms with Crippen molar-refractivity contribution in [2.24, 2.45) is 5.92 Å². The van der Waals surface area contributed by atoms with Crippen molar-refractivity contribution < 1.29 is 14.0 Å². The summed E-state index contributed by atoms with van der Waals surface area (Å²) < 4.78 is 14.9. The lowest BCUT2D eigenvalue weighted by atomic mass is 10.1. The predicted octanol–water partition coefficient (Wildman–Crippen LogP) is 5.54. The molecule has 1 N–H and O–H groups in total. The molecule has 0 aliphatic rings. The smallest absolute Gasteiger partial charge is 0.266 e. The molecule has 3 aromatic carbocycles. The van der Waals surface area contributed by atoms with Gasteiger partial charge in [-0.15, -0.1) is 0 Å². The lowest BCUT2D eigenvalue weighted by Gasteiger charge is -2.14. The van der Waals surface area contributed by atoms with E-state index in [9.17, 15) is 18.8 Å². The first-order chi connectivity index (χ1) is 17.2. The molecule has 0 spiro atoms. The molecule has 36 heavy (non-hydrogen) atoms. The summed E-state index contributed by atoms with van der Waals surface area (Å²) in [6.07, 6.45) is 0. The zero-order valence-corrected chi connectivity index (χ0v) is 21.2. The van der Waals surface area contributed by atoms with Crippen LogP contribution < -0.4 is 10.9 Å². The molecule has 6 nitrogen and oxygen atoms in total. The number of fused-ring (bicyclic) bond motifs is 1. The van der Waals surface area contributed by atoms with Gasteiger partial charge in [0.05, 0.1) is 22.3 Å². The molecule has 9 heteroatoms. The summed E-state index contributed by atoms with van der Waals surface area (Å²) in [5, 5.41) is 3.84. The van der Waals surface area contributed by atoms with Gasteiger partial charge in [-0.25, -0.2) is 9.37 Å². The van der Waals surface area contributed by atoms with Crippen molar-refractivity contribution in [3.8, 4) is 5.69 Å². The Labute approximate surface area is 216 Å². The van der Waals surface area contributed by atoms with E-state index in [4.69, 9.17) is 11.6 Å². The Morgan fingerprint density at radius 3 is 2.50 bits per heavy atom. The first-order valence-corrected chi connectivity index (χ1v) is 12.6. The molecule has 4 aromatic rings. The van der Waals surface area contributed by atoms with Crippen LogP contribution in [0, 0.1) is 11.7 Å². The van der Waals surface area contributed by atoms with Crippen LogP contribution in [-0.4, -0.2) is 33.5 Å². The highest BCUT2D eigenvalue weighted by Gasteiger charge is 2.17. The van der Waals surface area contributed by atoms with E-state index in [0.29, 0.717) is 39.3 Å². The minimum Gasteiger partial charge on any atom is -0.352 e. The topological polar surface area (TPSA) is 81.1 Å². The molecule has 0 aliphatic carbocycles. The third kappa shape index (κ3) is 5.83. The molecule has 0 fully saturated rings. The summed E-state index contributed by atoms with van der Waals surface area (Å²) >= 11 is 7.09. The Hall–Kier alpha value is -3.49. The maximum Gasteiger partial charge on any atom is 0.266 e. The average molecular weight is 524 g/mol. The monoisotopic (exact) mass is 523 g/mol. The number of ketones is 1. The second-order valence-electron chi connectivity index (χ2n) is 8.57. The molecule has 0 aliphatic heterocycles. The van der Waals surface area contributed by atoms with E-state index in [-0.39, 0.29) is 28.5 Å². The van der Waals surface area contributed by atoms with Gasteiger partial charge in [0.1, 0.15) is 5.82 Å². The van der Waals surface area contributed by atoms with Crippen molar-refractivity contribution in [1.29, 1.82) is 0 Å². The first-order valence-electron chi connectivity index (χ1n) is 11.3. The van der Waals surface area contributed by atoms with E-state index in [0.717, 1.165) is 11.8 Å². The van der Waals surface area contributed by atoms with Crippen LogP contribution in [-0.2, 0) is 0 Å². The van der Waals surface area contributed by atoms with Gasteiger partial charge in [0.25, 0.3) is 11.5 Å². The number of hydrogen-bond acceptors (Lipinski definition) is 5. The highest BCUT2D eigenvalue weighted by molar-refractivity contribution is 7.99. The SMILES string of the molecule is CC(C)CNC(=O)c1ccc2c(=O)n(-c3ccc(F)cc3)c(SCC(=O)c3cccc(Cl)c3)nc2c1. The van der Waals surface area contributed by atoms with E-state index in [1.54, 1.807) is 42.5 Å². The molecule has 1 aromatic heterocycles. The fourth-order valence-corrected chi connectivity index (χ4v) is 4.59. The number of carbonyl (C=O) groups is 2. The third-order valence-corrected chi connectivity index (χ3v) is 6.51. The quantitative estimate of drug-likeness (QED) is 0.186. The highest BCUT2D eigenvalue weighted by Crippen LogP contribution is 2.24. The first kappa shape index (κ1) is 25.6. The standard InChI is InChI=1S/C27H23ClFN3O3S/c1-16(2)14-30-25(34)18-6-11-22-23(13-18)31-27(32(26(22)35)21-9-7-20(29)8-10-21)36-15-24(33)17-4-3-5-19(28)12-17/h3-13,16H,14-15H2,1-2H3,(H,30,34). The molecule has 0 saturated carbocycles. The van der Waals surface area contributed by atoms with Gasteiger partial charge in [0.15, 0.2) is 10.9 Å². The Morgan fingerprint density at radius 1 is 1.06 bits per heavy atom. The van der Waals surface area contributed by atoms with E-state index in [2.05, 4.69) is 10.3 Å². The van der Waals surface area contributed by atoms with Gasteiger partial charge in [0, 0.05) is 22.7 Å². The van der Waals surface area contributed by atoms with Crippen molar-refractivity contribution in [3.63, 3.8) is 0 Å². The summed E-state index contributed by atoms with van der Waals surface area (Å²) in [6, 6.07) is 16.7. The van der Waals surface area contributed by atoms with Crippen LogP contribution in [0.3, 0.4) is 0 Å². The highest BCUT2D eigenvalue weighted by atomic mass is 35.5. The molecule has 4 rings (SSSR count). The Morgan fingerprint density at radius 2 is 1.81 bits per heavy atom. The maximum absolute atomic E-state index is 13.6. The number of rotatable bonds is 8. The molecule has 0 unspecified atom stereocenters. The number of aromatic nitrogens is 2. The van der Waals surface area contributed by atoms with Gasteiger partial charge in [-0.2, -0.15) is 0 Å². The van der Waals surface area contributed by atoms with Gasteiger partial charge < -0.3 is 5.32 Å². The van der Waals surface area contributed by atoms with Crippen molar-refractivity contribution in [2.45, 2.75) is 19.0 Å². The normalized spacial score (nSPS) is 11.1. The van der Waals surface area contributed by atoms with E-state index in [1.165, 1.54) is 28.8 Å². The zero-order chi connectivity index (χ0) is 25.8. The number of Topliss-reactive ketones (excluding diaryl/α,β-unsaturated/α-hetero) is 1. The van der Waals surface area contributed by atoms with Crippen LogP contribution >= 0.6 is 23.4 Å². The molecular formula is C27H23ClFN3O3S. The van der Waals surface area contributed by atoms with Crippen LogP contribution in [0.25, 0.3) is 16.6 Å². The fraction of sp³-hybridized carbons (Fsp3) is 0.185. The molecule has 1 heterocycles. The van der Waals surface area contributed by atoms with Crippen LogP contribution in [0.4, 0.5) is 4.39 Å². The summed E-state index contributed by atoms with van der Waals surface area (Å²) in [6.45, 7) is 4.51. The third-order valence-electron chi connectivity index (χ3n) is 5.34. The molecule has 0 radical (unpaired) electrons. The molecule has 0 bridgehead atoms. The van der Waals surface area contributed by atoms with Crippen LogP contribution in [0.1, 0.15) is 34.6 Å². The molecule has 184 valence electrons. The minimum atomic E-state index is -0.442. The van der Waals surface area contributed by atoms with Crippen molar-refractivity contribution in [3.05, 3.63) is 99.1 Å². The van der Waals surface area contributed by atoms with Gasteiger partial charge >= 0.3 is 0 Å². The summed E-state index contributed by atoms with van der Waals surface area (Å²) in [5.74, 6) is -0.614. The number of halogens is 2. The summed E-state index contributed by atoms with van der Waals surface area (Å²) in [4.78, 5) is 43.5. The number of amides is 1. The van der Waals surface area contributed by atoms with E-state index < -0.39 is 11.4 Å². The Balaban J connectivity index is 1.75. The van der Waals surface area contributed by atoms with Gasteiger partial charge in [0.2, 0.25) is 0 Å². The number of carbonyl (C=O) groups excluding carboxylic acids is 2. The number of benzene rings is 3. The van der Waals surface area contributed by atoms with Crippen LogP contribution in [0.15, 0.2) is 76.7 Å². The van der Waals surface area contributed by atoms with Gasteiger partial charge in [-0.1, -0.05) is 49.3 Å². The van der Waals surface area contributed by atoms with Gasteiger partial charge in [-0.3, -0.25) is 19.0 Å². The Kier molecular flexibility index (Phi) is 7.86. The summed E-state index contributed by atoms with van der Waals surface area (Å²) in [5.41, 5.74) is 1.16. The molecule has 0 atom stereocenters. The zero-order valence-electron chi connectivity index (χ0n) is 19.6. The van der Waals surface area contributed by atoms with Crippen LogP contribution in [0.2, 0.25) is 5.02 Å². The lowest BCUT2D eigenvalue weighted by Crippen LogP contribution is -2.27. The molecule has 0 saturated heterocycles. The van der Waals surface area contributed by atoms with Gasteiger partial charge in [-0.05, 0) is 60.5 Å². The van der Waals surface area contributed by atoms with Crippen molar-refractivity contribution in [1.82, 2.24) is 14.9 Å². The average Bonchev–Trinajstić information content (AvgIpc) is 2.86. The largest absolute Gasteiger partial charge is 0.352 e. The Bertz CT molecular complexity index is 1500. The van der Waals surface area contributed by atoms with Crippen molar-refractivity contribution >= 4 is 46.0 Å². The second-order valence-corrected chi connectivity index (χ2v) is 9.95. The summed E-state index contributed by atoms with van der Waals surface area (Å²) in [7, 11) is 0. The molecular weight excluding hydrogens is 501 g/mol. The van der Waals surface area contributed by atoms with Crippen molar-refractivity contribution in [2.75, 3.05) is 12.3 Å². The maximum atomic E-state index is 13.6. The number of hydrogen-bond donors (Lipinski definition) is 1. The minimum absolute atomic E-state index is 0.00590. The molecule has 1 amide bonds. The number of nitrogens with zero attached hydrogens (tertiary/aromatic N) is 2. The number of nitrogens with one attached hydrogen (secondary N) is 1. The predicted molar refractivity (Wildman–Crippen MR) is 141 cm³/mol. The fourth-order valence-electron chi connectivity index (χ4n) is 3.50. The van der Waals surface area contributed by atoms with E-state index >= 15 is 0 Å². The van der Waals surface area contributed by atoms with Crippen LogP contribution in [0.5, 0.6) is 0 Å². The number of thioether (sulfide) groups is 1. The van der Waals surface area contributed by atoms with E-state index in [1.807, 2.05) is 13.8 Å².